The molecule has 0 aromatic rings. The van der Waals surface area contributed by atoms with Gasteiger partial charge in [-0.25, -0.2) is 4.79 Å². The van der Waals surface area contributed by atoms with Gasteiger partial charge in [-0.2, -0.15) is 0 Å². The number of carboxylic acids is 1. The molecule has 1 heterocycles. The van der Waals surface area contributed by atoms with E-state index in [2.05, 4.69) is 13.2 Å². The molecule has 0 atom stereocenters. The van der Waals surface area contributed by atoms with Crippen molar-refractivity contribution in [3.63, 3.8) is 0 Å². The molecule has 0 bridgehead atoms. The first-order valence-electron chi connectivity index (χ1n) is 6.08. The third kappa shape index (κ3) is 3.61. The zero-order chi connectivity index (χ0) is 13.5. The first kappa shape index (κ1) is 14.3. The number of hydrogen-bond acceptors (Lipinski definition) is 2. The van der Waals surface area contributed by atoms with Gasteiger partial charge in [0.2, 0.25) is 0 Å². The molecule has 0 aromatic heterocycles. The summed E-state index contributed by atoms with van der Waals surface area (Å²) in [6.07, 6.45) is 4.39. The maximum Gasteiger partial charge on any atom is 0.320 e. The first-order valence-corrected chi connectivity index (χ1v) is 6.08. The van der Waals surface area contributed by atoms with Gasteiger partial charge in [-0.1, -0.05) is 12.2 Å². The highest BCUT2D eigenvalue weighted by molar-refractivity contribution is 5.76. The van der Waals surface area contributed by atoms with Crippen molar-refractivity contribution in [3.05, 3.63) is 25.3 Å². The third-order valence-electron chi connectivity index (χ3n) is 3.08. The van der Waals surface area contributed by atoms with Gasteiger partial charge in [0.05, 0.1) is 5.92 Å². The lowest BCUT2D eigenvalue weighted by Gasteiger charge is -2.34. The molecule has 0 unspecified atom stereocenters. The highest BCUT2D eigenvalue weighted by Crippen LogP contribution is 2.18. The van der Waals surface area contributed by atoms with Gasteiger partial charge < -0.3 is 14.9 Å². The number of likely N-dealkylation sites (tertiary alicyclic amines) is 1. The summed E-state index contributed by atoms with van der Waals surface area (Å²) in [7, 11) is 0. The SMILES string of the molecule is C=CCN(CC=C)C(=O)N1CCC(C(=O)O)CC1. The molecule has 0 aliphatic carbocycles. The van der Waals surface area contributed by atoms with Gasteiger partial charge in [0.1, 0.15) is 0 Å². The molecule has 1 fully saturated rings. The minimum Gasteiger partial charge on any atom is -0.481 e. The van der Waals surface area contributed by atoms with E-state index in [0.717, 1.165) is 0 Å². The molecular weight excluding hydrogens is 232 g/mol. The Bertz CT molecular complexity index is 323. The zero-order valence-corrected chi connectivity index (χ0v) is 10.5. The van der Waals surface area contributed by atoms with Crippen molar-refractivity contribution in [2.45, 2.75) is 12.8 Å². The molecule has 0 aromatic carbocycles. The number of amides is 2. The molecule has 2 amide bonds. The van der Waals surface area contributed by atoms with E-state index in [1.807, 2.05) is 0 Å². The average Bonchev–Trinajstić information content (AvgIpc) is 2.38. The van der Waals surface area contributed by atoms with Gasteiger partial charge in [-0.05, 0) is 12.8 Å². The highest BCUT2D eigenvalue weighted by atomic mass is 16.4. The van der Waals surface area contributed by atoms with Crippen LogP contribution in [0.2, 0.25) is 0 Å². The van der Waals surface area contributed by atoms with E-state index in [9.17, 15) is 9.59 Å². The van der Waals surface area contributed by atoms with Crippen LogP contribution < -0.4 is 0 Å². The van der Waals surface area contributed by atoms with Crippen LogP contribution in [-0.2, 0) is 4.79 Å². The molecule has 1 N–H and O–H groups in total. The predicted octanol–water partition coefficient (Wildman–Crippen LogP) is 1.58. The molecule has 1 aliphatic rings. The molecule has 100 valence electrons. The van der Waals surface area contributed by atoms with Gasteiger partial charge in [-0.3, -0.25) is 4.79 Å². The molecule has 1 rings (SSSR count). The largest absolute Gasteiger partial charge is 0.481 e. The standard InChI is InChI=1S/C13H20N2O3/c1-3-7-14(8-4-2)13(18)15-9-5-11(6-10-15)12(16)17/h3-4,11H,1-2,5-10H2,(H,16,17). The summed E-state index contributed by atoms with van der Waals surface area (Å²) in [6.45, 7) is 9.20. The summed E-state index contributed by atoms with van der Waals surface area (Å²) in [5.41, 5.74) is 0. The van der Waals surface area contributed by atoms with Gasteiger partial charge >= 0.3 is 12.0 Å². The van der Waals surface area contributed by atoms with Crippen LogP contribution >= 0.6 is 0 Å². The lowest BCUT2D eigenvalue weighted by molar-refractivity contribution is -0.143. The molecule has 0 spiro atoms. The number of nitrogens with zero attached hydrogens (tertiary/aromatic N) is 2. The zero-order valence-electron chi connectivity index (χ0n) is 10.5. The summed E-state index contributed by atoms with van der Waals surface area (Å²) in [5.74, 6) is -1.09. The third-order valence-corrected chi connectivity index (χ3v) is 3.08. The second kappa shape index (κ2) is 6.83. The van der Waals surface area contributed by atoms with E-state index in [-0.39, 0.29) is 11.9 Å². The van der Waals surface area contributed by atoms with Crippen LogP contribution in [0.3, 0.4) is 0 Å². The molecule has 1 aliphatic heterocycles. The lowest BCUT2D eigenvalue weighted by atomic mass is 9.97. The molecular formula is C13H20N2O3. The van der Waals surface area contributed by atoms with E-state index in [1.165, 1.54) is 0 Å². The first-order chi connectivity index (χ1) is 8.60. The molecule has 5 heteroatoms. The maximum atomic E-state index is 12.2. The van der Waals surface area contributed by atoms with Crippen LogP contribution in [-0.4, -0.2) is 53.1 Å². The molecule has 0 saturated carbocycles. The molecule has 18 heavy (non-hydrogen) atoms. The van der Waals surface area contributed by atoms with Crippen molar-refractivity contribution in [1.29, 1.82) is 0 Å². The van der Waals surface area contributed by atoms with Crippen molar-refractivity contribution in [2.24, 2.45) is 5.92 Å². The monoisotopic (exact) mass is 252 g/mol. The number of carbonyl (C=O) groups excluding carboxylic acids is 1. The number of piperidine rings is 1. The molecule has 1 saturated heterocycles. The van der Waals surface area contributed by atoms with Crippen LogP contribution in [0.1, 0.15) is 12.8 Å². The van der Waals surface area contributed by atoms with Crippen LogP contribution in [0, 0.1) is 5.92 Å². The second-order valence-corrected chi connectivity index (χ2v) is 4.36. The van der Waals surface area contributed by atoms with Crippen molar-refractivity contribution >= 4 is 12.0 Å². The Kier molecular flexibility index (Phi) is 5.42. The maximum absolute atomic E-state index is 12.2. The Balaban J connectivity index is 2.54. The van der Waals surface area contributed by atoms with Gasteiger partial charge in [0.15, 0.2) is 0 Å². The summed E-state index contributed by atoms with van der Waals surface area (Å²) >= 11 is 0. The van der Waals surface area contributed by atoms with E-state index in [0.29, 0.717) is 39.0 Å². The Labute approximate surface area is 107 Å². The van der Waals surface area contributed by atoms with Gasteiger partial charge in [0, 0.05) is 26.2 Å². The van der Waals surface area contributed by atoms with Crippen LogP contribution in [0.4, 0.5) is 4.79 Å². The number of rotatable bonds is 5. The van der Waals surface area contributed by atoms with E-state index >= 15 is 0 Å². The summed E-state index contributed by atoms with van der Waals surface area (Å²) < 4.78 is 0. The van der Waals surface area contributed by atoms with Crippen LogP contribution in [0.25, 0.3) is 0 Å². The number of hydrogen-bond donors (Lipinski definition) is 1. The summed E-state index contributed by atoms with van der Waals surface area (Å²) in [6, 6.07) is -0.0707. The van der Waals surface area contributed by atoms with E-state index in [1.54, 1.807) is 22.0 Å². The quantitative estimate of drug-likeness (QED) is 0.756. The van der Waals surface area contributed by atoms with Crippen LogP contribution in [0.5, 0.6) is 0 Å². The fourth-order valence-corrected chi connectivity index (χ4v) is 2.06. The molecule has 5 nitrogen and oxygen atoms in total. The number of aliphatic carboxylic acids is 1. The number of urea groups is 1. The van der Waals surface area contributed by atoms with Crippen molar-refractivity contribution in [2.75, 3.05) is 26.2 Å². The Hall–Kier alpha value is -1.78. The van der Waals surface area contributed by atoms with Gasteiger partial charge in [0.25, 0.3) is 0 Å². The van der Waals surface area contributed by atoms with Crippen LogP contribution in [0.15, 0.2) is 25.3 Å². The van der Waals surface area contributed by atoms with E-state index < -0.39 is 5.97 Å². The number of carbonyl (C=O) groups is 2. The highest BCUT2D eigenvalue weighted by Gasteiger charge is 2.28. The second-order valence-electron chi connectivity index (χ2n) is 4.36. The smallest absolute Gasteiger partial charge is 0.320 e. The fraction of sp³-hybridized carbons (Fsp3) is 0.538. The topological polar surface area (TPSA) is 60.9 Å². The Morgan fingerprint density at radius 2 is 1.72 bits per heavy atom. The summed E-state index contributed by atoms with van der Waals surface area (Å²) in [4.78, 5) is 26.3. The minimum atomic E-state index is -0.767. The van der Waals surface area contributed by atoms with Gasteiger partial charge in [-0.15, -0.1) is 13.2 Å². The normalized spacial score (nSPS) is 16.1. The Morgan fingerprint density at radius 3 is 2.11 bits per heavy atom. The molecule has 0 radical (unpaired) electrons. The average molecular weight is 252 g/mol. The van der Waals surface area contributed by atoms with E-state index in [4.69, 9.17) is 5.11 Å². The fourth-order valence-electron chi connectivity index (χ4n) is 2.06. The summed E-state index contributed by atoms with van der Waals surface area (Å²) in [5, 5.41) is 8.90. The minimum absolute atomic E-state index is 0.0707. The van der Waals surface area contributed by atoms with Crippen molar-refractivity contribution < 1.29 is 14.7 Å². The Morgan fingerprint density at radius 1 is 1.22 bits per heavy atom. The predicted molar refractivity (Wildman–Crippen MR) is 69.3 cm³/mol. The van der Waals surface area contributed by atoms with Crippen molar-refractivity contribution in [1.82, 2.24) is 9.80 Å². The van der Waals surface area contributed by atoms with Crippen molar-refractivity contribution in [3.8, 4) is 0 Å². The number of carboxylic acid groups (broad SMARTS) is 1. The lowest BCUT2D eigenvalue weighted by Crippen LogP contribution is -2.47.